The third kappa shape index (κ3) is 6.87. The summed E-state index contributed by atoms with van der Waals surface area (Å²) < 4.78 is 13.5. The van der Waals surface area contributed by atoms with Crippen molar-refractivity contribution in [1.82, 2.24) is 14.9 Å². The van der Waals surface area contributed by atoms with Crippen molar-refractivity contribution in [1.29, 1.82) is 0 Å². The number of para-hydroxylation sites is 4. The topological polar surface area (TPSA) is 65.4 Å². The fourth-order valence-electron chi connectivity index (χ4n) is 4.36. The quantitative estimate of drug-likeness (QED) is 0.221. The molecule has 0 aliphatic heterocycles. The third-order valence-corrected chi connectivity index (χ3v) is 6.24. The van der Waals surface area contributed by atoms with Gasteiger partial charge in [0.15, 0.2) is 0 Å². The van der Waals surface area contributed by atoms with Crippen LogP contribution in [0.1, 0.15) is 48.3 Å². The van der Waals surface area contributed by atoms with Crippen molar-refractivity contribution in [2.75, 3.05) is 20.3 Å². The molecule has 0 radical (unpaired) electrons. The SMILES string of the molecule is COc1ccccc1C(=O)NCCCCCc1nc2ccccc2n1CCCCOc1ccccc1. The molecule has 1 amide bonds. The molecule has 0 aliphatic rings. The molecule has 0 fully saturated rings. The Morgan fingerprint density at radius 1 is 0.861 bits per heavy atom. The van der Waals surface area contributed by atoms with Crippen molar-refractivity contribution in [2.45, 2.75) is 45.1 Å². The van der Waals surface area contributed by atoms with Crippen LogP contribution in [0.25, 0.3) is 11.0 Å². The van der Waals surface area contributed by atoms with Crippen LogP contribution in [0.4, 0.5) is 0 Å². The molecule has 0 saturated carbocycles. The number of imidazole rings is 1. The number of nitrogens with zero attached hydrogens (tertiary/aromatic N) is 2. The van der Waals surface area contributed by atoms with E-state index in [1.54, 1.807) is 19.2 Å². The fraction of sp³-hybridized carbons (Fsp3) is 0.333. The predicted molar refractivity (Wildman–Crippen MR) is 144 cm³/mol. The number of hydrogen-bond acceptors (Lipinski definition) is 4. The number of nitrogens with one attached hydrogen (secondary N) is 1. The van der Waals surface area contributed by atoms with Crippen LogP contribution in [0, 0.1) is 0 Å². The number of benzene rings is 3. The summed E-state index contributed by atoms with van der Waals surface area (Å²) in [6, 6.07) is 25.6. The lowest BCUT2D eigenvalue weighted by Gasteiger charge is -2.11. The van der Waals surface area contributed by atoms with E-state index in [9.17, 15) is 4.79 Å². The molecule has 0 saturated heterocycles. The molecular weight excluding hydrogens is 450 g/mol. The van der Waals surface area contributed by atoms with Gasteiger partial charge >= 0.3 is 0 Å². The number of methoxy groups -OCH3 is 1. The molecule has 0 unspecified atom stereocenters. The van der Waals surface area contributed by atoms with Crippen molar-refractivity contribution in [3.05, 3.63) is 90.3 Å². The van der Waals surface area contributed by atoms with E-state index < -0.39 is 0 Å². The molecule has 6 heteroatoms. The van der Waals surface area contributed by atoms with Gasteiger partial charge in [0, 0.05) is 19.5 Å². The second kappa shape index (κ2) is 13.3. The Kier molecular flexibility index (Phi) is 9.37. The van der Waals surface area contributed by atoms with Gasteiger partial charge in [-0.15, -0.1) is 0 Å². The van der Waals surface area contributed by atoms with Crippen molar-refractivity contribution in [3.63, 3.8) is 0 Å². The number of fused-ring (bicyclic) bond motifs is 1. The first-order valence-electron chi connectivity index (χ1n) is 12.8. The van der Waals surface area contributed by atoms with E-state index in [1.807, 2.05) is 48.5 Å². The molecule has 1 heterocycles. The van der Waals surface area contributed by atoms with Gasteiger partial charge in [0.1, 0.15) is 17.3 Å². The lowest BCUT2D eigenvalue weighted by atomic mass is 10.1. The van der Waals surface area contributed by atoms with Gasteiger partial charge in [-0.3, -0.25) is 4.79 Å². The molecule has 3 aromatic carbocycles. The number of hydrogen-bond donors (Lipinski definition) is 1. The standard InChI is InChI=1S/C30H35N3O3/c1-35-28-19-10-7-16-25(28)30(34)31-21-11-3-6-20-29-32-26-17-8-9-18-27(26)33(29)22-12-13-23-36-24-14-4-2-5-15-24/h2,4-5,7-10,14-19H,3,6,11-13,20-23H2,1H3,(H,31,34). The van der Waals surface area contributed by atoms with Gasteiger partial charge in [0.2, 0.25) is 0 Å². The summed E-state index contributed by atoms with van der Waals surface area (Å²) in [5.74, 6) is 2.56. The minimum absolute atomic E-state index is 0.0921. The average Bonchev–Trinajstić information content (AvgIpc) is 3.28. The molecular formula is C30H35N3O3. The summed E-state index contributed by atoms with van der Waals surface area (Å²) in [5.41, 5.74) is 2.82. The summed E-state index contributed by atoms with van der Waals surface area (Å²) >= 11 is 0. The number of carbonyl (C=O) groups excluding carboxylic acids is 1. The molecule has 0 atom stereocenters. The minimum Gasteiger partial charge on any atom is -0.496 e. The maximum absolute atomic E-state index is 12.4. The zero-order valence-electron chi connectivity index (χ0n) is 21.0. The highest BCUT2D eigenvalue weighted by atomic mass is 16.5. The van der Waals surface area contributed by atoms with Crippen LogP contribution < -0.4 is 14.8 Å². The van der Waals surface area contributed by atoms with Crippen molar-refractivity contribution in [3.8, 4) is 11.5 Å². The molecule has 6 nitrogen and oxygen atoms in total. The number of rotatable bonds is 14. The minimum atomic E-state index is -0.0921. The van der Waals surface area contributed by atoms with Gasteiger partial charge in [0.25, 0.3) is 5.91 Å². The summed E-state index contributed by atoms with van der Waals surface area (Å²) in [4.78, 5) is 17.3. The first-order chi connectivity index (χ1) is 17.8. The van der Waals surface area contributed by atoms with E-state index >= 15 is 0 Å². The molecule has 4 aromatic rings. The zero-order chi connectivity index (χ0) is 25.0. The highest BCUT2D eigenvalue weighted by Gasteiger charge is 2.12. The molecule has 1 aromatic heterocycles. The Bertz CT molecular complexity index is 1240. The molecule has 188 valence electrons. The second-order valence-corrected chi connectivity index (χ2v) is 8.80. The Morgan fingerprint density at radius 3 is 2.50 bits per heavy atom. The number of aromatic nitrogens is 2. The van der Waals surface area contributed by atoms with Gasteiger partial charge in [-0.2, -0.15) is 0 Å². The van der Waals surface area contributed by atoms with Gasteiger partial charge in [-0.1, -0.05) is 48.9 Å². The highest BCUT2D eigenvalue weighted by Crippen LogP contribution is 2.20. The number of aryl methyl sites for hydroxylation is 2. The van der Waals surface area contributed by atoms with E-state index in [4.69, 9.17) is 14.5 Å². The van der Waals surface area contributed by atoms with E-state index in [0.29, 0.717) is 24.5 Å². The van der Waals surface area contributed by atoms with Crippen molar-refractivity contribution in [2.24, 2.45) is 0 Å². The van der Waals surface area contributed by atoms with Gasteiger partial charge < -0.3 is 19.4 Å². The van der Waals surface area contributed by atoms with Crippen molar-refractivity contribution >= 4 is 16.9 Å². The van der Waals surface area contributed by atoms with Crippen LogP contribution in [-0.2, 0) is 13.0 Å². The maximum atomic E-state index is 12.4. The fourth-order valence-corrected chi connectivity index (χ4v) is 4.36. The van der Waals surface area contributed by atoms with Crippen LogP contribution >= 0.6 is 0 Å². The normalized spacial score (nSPS) is 10.9. The number of amides is 1. The molecule has 4 rings (SSSR count). The lowest BCUT2D eigenvalue weighted by molar-refractivity contribution is 0.0950. The van der Waals surface area contributed by atoms with E-state index in [-0.39, 0.29) is 5.91 Å². The number of unbranched alkanes of at least 4 members (excludes halogenated alkanes) is 3. The smallest absolute Gasteiger partial charge is 0.255 e. The maximum Gasteiger partial charge on any atom is 0.255 e. The highest BCUT2D eigenvalue weighted by molar-refractivity contribution is 5.96. The summed E-state index contributed by atoms with van der Waals surface area (Å²) in [6.45, 7) is 2.30. The zero-order valence-corrected chi connectivity index (χ0v) is 21.0. The van der Waals surface area contributed by atoms with Crippen LogP contribution in [0.2, 0.25) is 0 Å². The van der Waals surface area contributed by atoms with Crippen LogP contribution in [0.5, 0.6) is 11.5 Å². The summed E-state index contributed by atoms with van der Waals surface area (Å²) in [5, 5.41) is 3.01. The lowest BCUT2D eigenvalue weighted by Crippen LogP contribution is -2.24. The first kappa shape index (κ1) is 25.3. The van der Waals surface area contributed by atoms with Gasteiger partial charge in [0.05, 0.1) is 30.3 Å². The third-order valence-electron chi connectivity index (χ3n) is 6.24. The Balaban J connectivity index is 1.22. The Labute approximate surface area is 213 Å². The average molecular weight is 486 g/mol. The molecule has 0 spiro atoms. The first-order valence-corrected chi connectivity index (χ1v) is 12.8. The molecule has 1 N–H and O–H groups in total. The van der Waals surface area contributed by atoms with E-state index in [1.165, 1.54) is 5.52 Å². The van der Waals surface area contributed by atoms with Crippen LogP contribution in [-0.4, -0.2) is 35.7 Å². The second-order valence-electron chi connectivity index (χ2n) is 8.80. The largest absolute Gasteiger partial charge is 0.496 e. The monoisotopic (exact) mass is 485 g/mol. The molecule has 0 bridgehead atoms. The molecule has 36 heavy (non-hydrogen) atoms. The van der Waals surface area contributed by atoms with Gasteiger partial charge in [-0.05, 0) is 62.1 Å². The van der Waals surface area contributed by atoms with Crippen LogP contribution in [0.3, 0.4) is 0 Å². The molecule has 0 aliphatic carbocycles. The van der Waals surface area contributed by atoms with Gasteiger partial charge in [-0.25, -0.2) is 4.98 Å². The Hall–Kier alpha value is -3.80. The van der Waals surface area contributed by atoms with E-state index in [2.05, 4.69) is 28.1 Å². The number of carbonyl (C=O) groups is 1. The van der Waals surface area contributed by atoms with E-state index in [0.717, 1.165) is 62.2 Å². The predicted octanol–water partition coefficient (Wildman–Crippen LogP) is 6.05. The van der Waals surface area contributed by atoms with Crippen LogP contribution in [0.15, 0.2) is 78.9 Å². The summed E-state index contributed by atoms with van der Waals surface area (Å²) in [6.07, 6.45) is 5.95. The van der Waals surface area contributed by atoms with Crippen molar-refractivity contribution < 1.29 is 14.3 Å². The summed E-state index contributed by atoms with van der Waals surface area (Å²) in [7, 11) is 1.58. The number of ether oxygens (including phenoxy) is 2. The Morgan fingerprint density at radius 2 is 1.64 bits per heavy atom.